The predicted octanol–water partition coefficient (Wildman–Crippen LogP) is 5.37. The van der Waals surface area contributed by atoms with Crippen LogP contribution < -0.4 is 5.73 Å². The maximum Gasteiger partial charge on any atom is 0.410 e. The molecule has 1 unspecified atom stereocenters. The number of H-pyrrole nitrogens is 1. The summed E-state index contributed by atoms with van der Waals surface area (Å²) in [5, 5.41) is 12.1. The first-order valence-electron chi connectivity index (χ1n) is 14.3. The summed E-state index contributed by atoms with van der Waals surface area (Å²) in [7, 11) is 0. The molecule has 1 atom stereocenters. The third-order valence-electron chi connectivity index (χ3n) is 9.70. The number of non-ortho nitro benzene ring substituents is 1. The Balaban J connectivity index is 1.29. The van der Waals surface area contributed by atoms with Crippen molar-refractivity contribution in [3.63, 3.8) is 0 Å². The van der Waals surface area contributed by atoms with E-state index in [1.807, 2.05) is 30.5 Å². The number of rotatable bonds is 9. The standard InChI is InChI=1S/C31H36N4O5/c1-31(29(32)36,17-24-18-33-27-5-3-2-4-26(24)27)34(11-10-19-6-8-25(9-7-19)35(38)39)30(37)40-28-22-13-20-12-21(15-22)16-23(28)14-20/h2-9,18,20-23,28,33H,10-17H2,1H3,(H2,32,36). The average molecular weight is 545 g/mol. The lowest BCUT2D eigenvalue weighted by Crippen LogP contribution is -2.61. The van der Waals surface area contributed by atoms with E-state index in [0.717, 1.165) is 59.5 Å². The highest BCUT2D eigenvalue weighted by molar-refractivity contribution is 5.90. The normalized spacial score (nSPS) is 26.4. The molecule has 1 heterocycles. The Labute approximate surface area is 233 Å². The first kappa shape index (κ1) is 26.3. The summed E-state index contributed by atoms with van der Waals surface area (Å²) in [5.74, 6) is 1.64. The van der Waals surface area contributed by atoms with E-state index in [9.17, 15) is 19.7 Å². The van der Waals surface area contributed by atoms with Crippen LogP contribution in [0.3, 0.4) is 0 Å². The zero-order chi connectivity index (χ0) is 28.0. The number of nitrogens with two attached hydrogens (primary N) is 1. The van der Waals surface area contributed by atoms with Gasteiger partial charge in [-0.2, -0.15) is 0 Å². The van der Waals surface area contributed by atoms with Crippen LogP contribution in [-0.4, -0.2) is 45.0 Å². The molecule has 4 aliphatic carbocycles. The van der Waals surface area contributed by atoms with Crippen LogP contribution in [0.1, 0.15) is 50.2 Å². The molecule has 0 spiro atoms. The van der Waals surface area contributed by atoms with Crippen LogP contribution in [0.15, 0.2) is 54.7 Å². The van der Waals surface area contributed by atoms with Crippen molar-refractivity contribution in [3.05, 3.63) is 76.0 Å². The fourth-order valence-corrected chi connectivity index (χ4v) is 7.78. The number of aromatic nitrogens is 1. The van der Waals surface area contributed by atoms with Crippen molar-refractivity contribution in [1.82, 2.24) is 9.88 Å². The van der Waals surface area contributed by atoms with E-state index in [-0.39, 0.29) is 24.8 Å². The number of fused-ring (bicyclic) bond motifs is 1. The van der Waals surface area contributed by atoms with Gasteiger partial charge in [0, 0.05) is 42.2 Å². The molecule has 9 nitrogen and oxygen atoms in total. The number of primary amides is 1. The topological polar surface area (TPSA) is 132 Å². The van der Waals surface area contributed by atoms with Gasteiger partial charge in [0.15, 0.2) is 0 Å². The van der Waals surface area contributed by atoms with Crippen molar-refractivity contribution >= 4 is 28.6 Å². The van der Waals surface area contributed by atoms with E-state index < -0.39 is 22.5 Å². The van der Waals surface area contributed by atoms with E-state index in [1.165, 1.54) is 23.5 Å². The maximum absolute atomic E-state index is 14.0. The second kappa shape index (κ2) is 10.3. The van der Waals surface area contributed by atoms with E-state index in [4.69, 9.17) is 10.5 Å². The van der Waals surface area contributed by atoms with Crippen molar-refractivity contribution in [3.8, 4) is 0 Å². The lowest BCUT2D eigenvalue weighted by molar-refractivity contribution is -0.384. The molecule has 9 heteroatoms. The molecule has 4 fully saturated rings. The van der Waals surface area contributed by atoms with Crippen molar-refractivity contribution in [2.24, 2.45) is 29.4 Å². The number of benzene rings is 2. The Bertz CT molecular complexity index is 1410. The van der Waals surface area contributed by atoms with Gasteiger partial charge in [0.2, 0.25) is 5.91 Å². The average Bonchev–Trinajstić information content (AvgIpc) is 3.33. The number of carbonyl (C=O) groups is 2. The molecule has 4 saturated carbocycles. The SMILES string of the molecule is CC(Cc1c[nH]c2ccccc12)(C(N)=O)N(CCc1ccc([N+](=O)[O-])cc1)C(=O)OC1C2CC3CC(C2)CC1C3. The number of amides is 2. The summed E-state index contributed by atoms with van der Waals surface area (Å²) in [6.45, 7) is 1.90. The van der Waals surface area contributed by atoms with E-state index >= 15 is 0 Å². The molecule has 4 bridgehead atoms. The fraction of sp³-hybridized carbons (Fsp3) is 0.484. The van der Waals surface area contributed by atoms with Gasteiger partial charge in [0.25, 0.3) is 5.69 Å². The molecule has 0 aliphatic heterocycles. The lowest BCUT2D eigenvalue weighted by atomic mass is 9.55. The lowest BCUT2D eigenvalue weighted by Gasteiger charge is -2.54. The highest BCUT2D eigenvalue weighted by atomic mass is 16.6. The van der Waals surface area contributed by atoms with Gasteiger partial charge in [0.1, 0.15) is 11.6 Å². The highest BCUT2D eigenvalue weighted by Gasteiger charge is 2.51. The number of aromatic amines is 1. The third kappa shape index (κ3) is 4.82. The second-order valence-corrected chi connectivity index (χ2v) is 12.3. The third-order valence-corrected chi connectivity index (χ3v) is 9.70. The number of carbonyl (C=O) groups excluding carboxylic acids is 2. The number of hydrogen-bond donors (Lipinski definition) is 2. The number of nitrogens with one attached hydrogen (secondary N) is 1. The number of nitrogens with zero attached hydrogens (tertiary/aromatic N) is 2. The van der Waals surface area contributed by atoms with Gasteiger partial charge in [0.05, 0.1) is 4.92 Å². The summed E-state index contributed by atoms with van der Waals surface area (Å²) < 4.78 is 6.31. The van der Waals surface area contributed by atoms with E-state index in [2.05, 4.69) is 4.98 Å². The summed E-state index contributed by atoms with van der Waals surface area (Å²) in [6, 6.07) is 14.1. The van der Waals surface area contributed by atoms with E-state index in [0.29, 0.717) is 18.3 Å². The number of nitro groups is 1. The molecule has 2 amide bonds. The van der Waals surface area contributed by atoms with Crippen molar-refractivity contribution < 1.29 is 19.2 Å². The Morgan fingerprint density at radius 3 is 2.33 bits per heavy atom. The minimum atomic E-state index is -1.35. The highest BCUT2D eigenvalue weighted by Crippen LogP contribution is 2.54. The molecule has 40 heavy (non-hydrogen) atoms. The molecule has 2 aromatic carbocycles. The number of nitro benzene ring substituents is 1. The number of ether oxygens (including phenoxy) is 1. The van der Waals surface area contributed by atoms with Crippen molar-refractivity contribution in [2.45, 2.75) is 63.5 Å². The summed E-state index contributed by atoms with van der Waals surface area (Å²) in [6.07, 6.45) is 7.57. The van der Waals surface area contributed by atoms with E-state index in [1.54, 1.807) is 19.1 Å². The second-order valence-electron chi connectivity index (χ2n) is 12.3. The molecular formula is C31H36N4O5. The van der Waals surface area contributed by atoms with Crippen LogP contribution in [0.4, 0.5) is 10.5 Å². The van der Waals surface area contributed by atoms with Gasteiger partial charge in [-0.15, -0.1) is 0 Å². The summed E-state index contributed by atoms with van der Waals surface area (Å²) in [4.78, 5) is 42.6. The van der Waals surface area contributed by atoms with Crippen LogP contribution >= 0.6 is 0 Å². The molecule has 210 valence electrons. The van der Waals surface area contributed by atoms with Crippen LogP contribution in [0, 0.1) is 33.8 Å². The van der Waals surface area contributed by atoms with Gasteiger partial charge in [-0.25, -0.2) is 4.79 Å². The zero-order valence-corrected chi connectivity index (χ0v) is 22.8. The Kier molecular flexibility index (Phi) is 6.76. The Morgan fingerprint density at radius 2 is 1.70 bits per heavy atom. The smallest absolute Gasteiger partial charge is 0.410 e. The zero-order valence-electron chi connectivity index (χ0n) is 22.8. The van der Waals surface area contributed by atoms with Crippen LogP contribution in [0.25, 0.3) is 10.9 Å². The Hall–Kier alpha value is -3.88. The molecule has 3 N–H and O–H groups in total. The first-order chi connectivity index (χ1) is 19.2. The minimum Gasteiger partial charge on any atom is -0.445 e. The molecule has 4 aliphatic rings. The van der Waals surface area contributed by atoms with Crippen LogP contribution in [0.5, 0.6) is 0 Å². The van der Waals surface area contributed by atoms with Gasteiger partial charge in [-0.05, 0) is 86.3 Å². The molecular weight excluding hydrogens is 508 g/mol. The molecule has 0 saturated heterocycles. The number of para-hydroxylation sites is 1. The largest absolute Gasteiger partial charge is 0.445 e. The van der Waals surface area contributed by atoms with Crippen LogP contribution in [0.2, 0.25) is 0 Å². The van der Waals surface area contributed by atoms with Crippen molar-refractivity contribution in [2.75, 3.05) is 6.54 Å². The molecule has 7 rings (SSSR count). The van der Waals surface area contributed by atoms with Crippen LogP contribution in [-0.2, 0) is 22.4 Å². The first-order valence-corrected chi connectivity index (χ1v) is 14.3. The van der Waals surface area contributed by atoms with Gasteiger partial charge < -0.3 is 15.5 Å². The predicted molar refractivity (Wildman–Crippen MR) is 150 cm³/mol. The molecule has 3 aromatic rings. The quantitative estimate of drug-likeness (QED) is 0.276. The fourth-order valence-electron chi connectivity index (χ4n) is 7.78. The monoisotopic (exact) mass is 544 g/mol. The molecule has 1 aromatic heterocycles. The van der Waals surface area contributed by atoms with Gasteiger partial charge in [-0.1, -0.05) is 30.3 Å². The Morgan fingerprint density at radius 1 is 1.05 bits per heavy atom. The number of hydrogen-bond acceptors (Lipinski definition) is 5. The summed E-state index contributed by atoms with van der Waals surface area (Å²) >= 11 is 0. The van der Waals surface area contributed by atoms with Gasteiger partial charge >= 0.3 is 6.09 Å². The van der Waals surface area contributed by atoms with Gasteiger partial charge in [-0.3, -0.25) is 19.8 Å². The maximum atomic E-state index is 14.0. The molecule has 0 radical (unpaired) electrons. The minimum absolute atomic E-state index is 0.00298. The summed E-state index contributed by atoms with van der Waals surface area (Å²) in [5.41, 5.74) is 7.37. The van der Waals surface area contributed by atoms with Crippen molar-refractivity contribution in [1.29, 1.82) is 0 Å².